The van der Waals surface area contributed by atoms with Crippen LogP contribution in [0.2, 0.25) is 0 Å². The smallest absolute Gasteiger partial charge is 0.223 e. The Bertz CT molecular complexity index is 655. The second-order valence-electron chi connectivity index (χ2n) is 3.63. The lowest BCUT2D eigenvalue weighted by Gasteiger charge is -2.08. The zero-order valence-corrected chi connectivity index (χ0v) is 11.6. The van der Waals surface area contributed by atoms with Gasteiger partial charge in [0, 0.05) is 12.5 Å². The van der Waals surface area contributed by atoms with Crippen LogP contribution in [-0.4, -0.2) is 9.97 Å². The molecule has 96 valence electrons. The first-order valence-electron chi connectivity index (χ1n) is 5.54. The van der Waals surface area contributed by atoms with Gasteiger partial charge in [-0.05, 0) is 28.1 Å². The average Bonchev–Trinajstić information content (AvgIpc) is 2.38. The lowest BCUT2D eigenvalue weighted by molar-refractivity contribution is 0.451. The van der Waals surface area contributed by atoms with E-state index in [9.17, 15) is 4.39 Å². The Hall–Kier alpha value is -2.00. The van der Waals surface area contributed by atoms with Crippen LogP contribution in [0.1, 0.15) is 18.3 Å². The van der Waals surface area contributed by atoms with Gasteiger partial charge in [-0.2, -0.15) is 10.2 Å². The van der Waals surface area contributed by atoms with Gasteiger partial charge in [-0.3, -0.25) is 0 Å². The Balaban J connectivity index is 2.39. The number of ether oxygens (including phenoxy) is 1. The van der Waals surface area contributed by atoms with E-state index in [1.54, 1.807) is 12.1 Å². The van der Waals surface area contributed by atoms with Crippen molar-refractivity contribution in [3.63, 3.8) is 0 Å². The molecule has 1 heterocycles. The molecule has 0 amide bonds. The summed E-state index contributed by atoms with van der Waals surface area (Å²) in [6.45, 7) is 1.91. The Labute approximate surface area is 118 Å². The van der Waals surface area contributed by atoms with Crippen molar-refractivity contribution in [2.24, 2.45) is 0 Å². The van der Waals surface area contributed by atoms with Crippen molar-refractivity contribution in [2.45, 2.75) is 13.3 Å². The van der Waals surface area contributed by atoms with Gasteiger partial charge in [-0.25, -0.2) is 9.37 Å². The molecular weight excluding hydrogens is 313 g/mol. The molecule has 4 nitrogen and oxygen atoms in total. The van der Waals surface area contributed by atoms with Crippen molar-refractivity contribution in [1.82, 2.24) is 9.97 Å². The van der Waals surface area contributed by atoms with Gasteiger partial charge in [0.15, 0.2) is 0 Å². The van der Waals surface area contributed by atoms with Gasteiger partial charge in [0.2, 0.25) is 5.88 Å². The summed E-state index contributed by atoms with van der Waals surface area (Å²) in [5.74, 6) is 0.374. The molecule has 1 aromatic carbocycles. The summed E-state index contributed by atoms with van der Waals surface area (Å²) in [5.41, 5.74) is -0.143. The van der Waals surface area contributed by atoms with Crippen LogP contribution in [-0.2, 0) is 6.42 Å². The largest absolute Gasteiger partial charge is 0.437 e. The minimum absolute atomic E-state index is 0.134. The summed E-state index contributed by atoms with van der Waals surface area (Å²) in [6.07, 6.45) is 0.643. The zero-order valence-electron chi connectivity index (χ0n) is 10.0. The van der Waals surface area contributed by atoms with Crippen molar-refractivity contribution < 1.29 is 9.13 Å². The van der Waals surface area contributed by atoms with Crippen molar-refractivity contribution in [3.05, 3.63) is 46.1 Å². The molecule has 0 radical (unpaired) electrons. The van der Waals surface area contributed by atoms with E-state index >= 15 is 0 Å². The van der Waals surface area contributed by atoms with E-state index < -0.39 is 5.82 Å². The second kappa shape index (κ2) is 5.76. The SMILES string of the molecule is CCc1nc(Br)cc(Oc2cccc(F)c2C#N)n1. The maximum Gasteiger partial charge on any atom is 0.223 e. The van der Waals surface area contributed by atoms with Crippen LogP contribution < -0.4 is 4.74 Å². The normalized spacial score (nSPS) is 10.0. The minimum atomic E-state index is -0.621. The van der Waals surface area contributed by atoms with Crippen LogP contribution in [0.4, 0.5) is 4.39 Å². The lowest BCUT2D eigenvalue weighted by Crippen LogP contribution is -1.98. The number of nitrogens with zero attached hydrogens (tertiary/aromatic N) is 3. The van der Waals surface area contributed by atoms with E-state index in [1.165, 1.54) is 18.2 Å². The third-order valence-corrected chi connectivity index (χ3v) is 2.74. The molecule has 0 saturated carbocycles. The van der Waals surface area contributed by atoms with E-state index in [0.29, 0.717) is 16.8 Å². The van der Waals surface area contributed by atoms with E-state index in [0.717, 1.165) is 0 Å². The topological polar surface area (TPSA) is 58.8 Å². The van der Waals surface area contributed by atoms with E-state index in [4.69, 9.17) is 10.00 Å². The summed E-state index contributed by atoms with van der Waals surface area (Å²) < 4.78 is 19.5. The standard InChI is InChI=1S/C13H9BrFN3O/c1-2-12-17-11(14)6-13(18-12)19-10-5-3-4-9(15)8(10)7-16/h3-6H,2H2,1H3. The molecule has 0 saturated heterocycles. The molecule has 0 fully saturated rings. The maximum atomic E-state index is 13.4. The molecule has 6 heteroatoms. The van der Waals surface area contributed by atoms with Crippen LogP contribution >= 0.6 is 15.9 Å². The second-order valence-corrected chi connectivity index (χ2v) is 4.44. The molecule has 2 aromatic rings. The molecule has 0 unspecified atom stereocenters. The third kappa shape index (κ3) is 3.06. The third-order valence-electron chi connectivity index (χ3n) is 2.34. The lowest BCUT2D eigenvalue weighted by atomic mass is 10.2. The monoisotopic (exact) mass is 321 g/mol. The van der Waals surface area contributed by atoms with Crippen LogP contribution in [0, 0.1) is 17.1 Å². The molecule has 0 aliphatic carbocycles. The maximum absolute atomic E-state index is 13.4. The molecule has 0 aliphatic heterocycles. The van der Waals surface area contributed by atoms with Crippen LogP contribution in [0.25, 0.3) is 0 Å². The van der Waals surface area contributed by atoms with Gasteiger partial charge in [0.05, 0.1) is 0 Å². The summed E-state index contributed by atoms with van der Waals surface area (Å²) in [4.78, 5) is 8.30. The number of nitriles is 1. The van der Waals surface area contributed by atoms with Gasteiger partial charge in [0.1, 0.15) is 33.6 Å². The number of hydrogen-bond donors (Lipinski definition) is 0. The van der Waals surface area contributed by atoms with Crippen LogP contribution in [0.15, 0.2) is 28.9 Å². The number of aryl methyl sites for hydroxylation is 1. The molecule has 2 rings (SSSR count). The summed E-state index contributed by atoms with van der Waals surface area (Å²) in [7, 11) is 0. The first-order chi connectivity index (χ1) is 9.13. The van der Waals surface area contributed by atoms with Crippen molar-refractivity contribution in [1.29, 1.82) is 5.26 Å². The number of halogens is 2. The first kappa shape index (κ1) is 13.4. The summed E-state index contributed by atoms with van der Waals surface area (Å²) >= 11 is 3.25. The molecule has 19 heavy (non-hydrogen) atoms. The number of rotatable bonds is 3. The molecule has 0 aliphatic rings. The number of hydrogen-bond acceptors (Lipinski definition) is 4. The summed E-state index contributed by atoms with van der Waals surface area (Å²) in [5, 5.41) is 8.92. The summed E-state index contributed by atoms with van der Waals surface area (Å²) in [6, 6.07) is 7.53. The molecule has 0 atom stereocenters. The number of benzene rings is 1. The fourth-order valence-corrected chi connectivity index (χ4v) is 1.86. The van der Waals surface area contributed by atoms with E-state index in [-0.39, 0.29) is 17.2 Å². The average molecular weight is 322 g/mol. The van der Waals surface area contributed by atoms with E-state index in [1.807, 2.05) is 6.92 Å². The molecular formula is C13H9BrFN3O. The minimum Gasteiger partial charge on any atom is -0.437 e. The quantitative estimate of drug-likeness (QED) is 0.810. The van der Waals surface area contributed by atoms with Gasteiger partial charge in [-0.15, -0.1) is 0 Å². The van der Waals surface area contributed by atoms with Crippen molar-refractivity contribution in [2.75, 3.05) is 0 Å². The Morgan fingerprint density at radius 2 is 2.21 bits per heavy atom. The highest BCUT2D eigenvalue weighted by molar-refractivity contribution is 9.10. The van der Waals surface area contributed by atoms with Gasteiger partial charge >= 0.3 is 0 Å². The molecule has 0 bridgehead atoms. The van der Waals surface area contributed by atoms with Crippen molar-refractivity contribution >= 4 is 15.9 Å². The van der Waals surface area contributed by atoms with Gasteiger partial charge < -0.3 is 4.74 Å². The molecule has 1 aromatic heterocycles. The highest BCUT2D eigenvalue weighted by Gasteiger charge is 2.11. The van der Waals surface area contributed by atoms with Crippen LogP contribution in [0.3, 0.4) is 0 Å². The first-order valence-corrected chi connectivity index (χ1v) is 6.33. The fourth-order valence-electron chi connectivity index (χ4n) is 1.46. The van der Waals surface area contributed by atoms with Gasteiger partial charge in [-0.1, -0.05) is 13.0 Å². The van der Waals surface area contributed by atoms with Crippen LogP contribution in [0.5, 0.6) is 11.6 Å². The highest BCUT2D eigenvalue weighted by Crippen LogP contribution is 2.26. The predicted octanol–water partition coefficient (Wildman–Crippen LogP) is 3.60. The van der Waals surface area contributed by atoms with Crippen molar-refractivity contribution in [3.8, 4) is 17.7 Å². The molecule has 0 spiro atoms. The predicted molar refractivity (Wildman–Crippen MR) is 70.3 cm³/mol. The Morgan fingerprint density at radius 1 is 1.42 bits per heavy atom. The zero-order chi connectivity index (χ0) is 13.8. The highest BCUT2D eigenvalue weighted by atomic mass is 79.9. The Morgan fingerprint density at radius 3 is 2.89 bits per heavy atom. The fraction of sp³-hybridized carbons (Fsp3) is 0.154. The Kier molecular flexibility index (Phi) is 4.07. The van der Waals surface area contributed by atoms with Gasteiger partial charge in [0.25, 0.3) is 0 Å². The molecule has 0 N–H and O–H groups in total. The number of aromatic nitrogens is 2. The van der Waals surface area contributed by atoms with E-state index in [2.05, 4.69) is 25.9 Å².